The minimum Gasteiger partial charge on any atom is -0.507 e. The van der Waals surface area contributed by atoms with Gasteiger partial charge in [0.25, 0.3) is 11.7 Å². The topological polar surface area (TPSA) is 109 Å². The van der Waals surface area contributed by atoms with Crippen LogP contribution in [0.1, 0.15) is 36.1 Å². The first-order valence-electron chi connectivity index (χ1n) is 12.5. The zero-order chi connectivity index (χ0) is 26.5. The molecule has 0 spiro atoms. The first kappa shape index (κ1) is 26.5. The molecule has 0 unspecified atom stereocenters. The molecule has 2 fully saturated rings. The molecule has 2 heterocycles. The molecule has 2 aromatic carbocycles. The lowest BCUT2D eigenvalue weighted by Crippen LogP contribution is -2.38. The zero-order valence-electron chi connectivity index (χ0n) is 21.5. The second kappa shape index (κ2) is 11.7. The van der Waals surface area contributed by atoms with Crippen LogP contribution in [-0.2, 0) is 14.3 Å². The number of aliphatic hydroxyl groups excluding tert-OH is 1. The number of likely N-dealkylation sites (tertiary alicyclic amines) is 1. The van der Waals surface area contributed by atoms with E-state index in [1.807, 2.05) is 0 Å². The summed E-state index contributed by atoms with van der Waals surface area (Å²) in [6, 6.07) is 9.06. The Morgan fingerprint density at radius 3 is 2.54 bits per heavy atom. The van der Waals surface area contributed by atoms with Crippen molar-refractivity contribution in [3.63, 3.8) is 0 Å². The normalized spacial score (nSPS) is 19.9. The van der Waals surface area contributed by atoms with Crippen LogP contribution in [0.15, 0.2) is 42.0 Å². The molecule has 0 aromatic heterocycles. The molecule has 0 radical (unpaired) electrons. The maximum atomic E-state index is 13.3. The van der Waals surface area contributed by atoms with E-state index in [1.165, 1.54) is 11.0 Å². The molecule has 198 valence electrons. The predicted molar refractivity (Wildman–Crippen MR) is 138 cm³/mol. The Morgan fingerprint density at radius 1 is 1.11 bits per heavy atom. The van der Waals surface area contributed by atoms with E-state index in [0.717, 1.165) is 19.6 Å². The van der Waals surface area contributed by atoms with Gasteiger partial charge in [-0.05, 0) is 61.7 Å². The van der Waals surface area contributed by atoms with Gasteiger partial charge in [0.15, 0.2) is 11.5 Å². The van der Waals surface area contributed by atoms with Crippen molar-refractivity contribution in [2.24, 2.45) is 0 Å². The highest BCUT2D eigenvalue weighted by Gasteiger charge is 2.46. The van der Waals surface area contributed by atoms with Crippen LogP contribution >= 0.6 is 0 Å². The molecule has 1 amide bonds. The van der Waals surface area contributed by atoms with Crippen LogP contribution in [0.3, 0.4) is 0 Å². The molecule has 9 heteroatoms. The van der Waals surface area contributed by atoms with E-state index < -0.39 is 17.7 Å². The number of Topliss-reactive ketones (excluding diaryl/α,β-unsaturated/α-hetero) is 1. The van der Waals surface area contributed by atoms with Crippen LogP contribution in [0.25, 0.3) is 5.76 Å². The molecule has 2 aliphatic rings. The van der Waals surface area contributed by atoms with Gasteiger partial charge >= 0.3 is 0 Å². The maximum Gasteiger partial charge on any atom is 0.295 e. The molecular formula is C28H34N2O7. The summed E-state index contributed by atoms with van der Waals surface area (Å²) in [6.45, 7) is 8.05. The molecule has 0 aliphatic carbocycles. The van der Waals surface area contributed by atoms with Gasteiger partial charge < -0.3 is 29.3 Å². The van der Waals surface area contributed by atoms with Crippen LogP contribution in [0, 0.1) is 6.92 Å². The number of phenols is 1. The Morgan fingerprint density at radius 2 is 1.86 bits per heavy atom. The smallest absolute Gasteiger partial charge is 0.295 e. The molecule has 1 atom stereocenters. The van der Waals surface area contributed by atoms with Crippen LogP contribution in [0.2, 0.25) is 0 Å². The van der Waals surface area contributed by atoms with E-state index in [2.05, 4.69) is 4.90 Å². The quantitative estimate of drug-likeness (QED) is 0.301. The van der Waals surface area contributed by atoms with Crippen molar-refractivity contribution in [3.8, 4) is 17.2 Å². The number of phenolic OH excluding ortho intramolecular Hbond substituents is 1. The standard InChI is InChI=1S/C28H34N2O7/c1-4-37-23-17-19(6-9-22(23)31)25-24(26(32)21-8-7-20(35-3)16-18(21)2)27(33)28(34)30(25)11-5-10-29-12-14-36-15-13-29/h6-9,16-17,25,31-32H,4-5,10-15H2,1-3H3/t25-/m0/s1. The fourth-order valence-electron chi connectivity index (χ4n) is 4.89. The molecule has 2 aromatic rings. The number of aromatic hydroxyl groups is 1. The summed E-state index contributed by atoms with van der Waals surface area (Å²) >= 11 is 0. The van der Waals surface area contributed by atoms with Gasteiger partial charge in [0.1, 0.15) is 11.5 Å². The molecular weight excluding hydrogens is 476 g/mol. The Hall–Kier alpha value is -3.56. The summed E-state index contributed by atoms with van der Waals surface area (Å²) in [4.78, 5) is 30.4. The van der Waals surface area contributed by atoms with E-state index >= 15 is 0 Å². The van der Waals surface area contributed by atoms with Gasteiger partial charge in [-0.2, -0.15) is 0 Å². The average molecular weight is 511 g/mol. The Labute approximate surface area is 216 Å². The molecule has 9 nitrogen and oxygen atoms in total. The number of amides is 1. The van der Waals surface area contributed by atoms with E-state index in [1.54, 1.807) is 51.3 Å². The predicted octanol–water partition coefficient (Wildman–Crippen LogP) is 3.25. The molecule has 0 saturated carbocycles. The fraction of sp³-hybridized carbons (Fsp3) is 0.429. The highest BCUT2D eigenvalue weighted by Crippen LogP contribution is 2.42. The molecule has 4 rings (SSSR count). The number of carbonyl (C=O) groups excluding carboxylic acids is 2. The number of ketones is 1. The van der Waals surface area contributed by atoms with Crippen molar-refractivity contribution >= 4 is 17.4 Å². The summed E-state index contributed by atoms with van der Waals surface area (Å²) in [6.07, 6.45) is 0.654. The van der Waals surface area contributed by atoms with Crippen LogP contribution < -0.4 is 9.47 Å². The number of rotatable bonds is 9. The number of aryl methyl sites for hydroxylation is 1. The summed E-state index contributed by atoms with van der Waals surface area (Å²) in [7, 11) is 1.55. The first-order chi connectivity index (χ1) is 17.8. The molecule has 0 bridgehead atoms. The van der Waals surface area contributed by atoms with Gasteiger partial charge in [-0.25, -0.2) is 0 Å². The number of hydrogen-bond acceptors (Lipinski definition) is 8. The highest BCUT2D eigenvalue weighted by molar-refractivity contribution is 6.46. The molecule has 2 N–H and O–H groups in total. The number of aliphatic hydroxyl groups is 1. The second-order valence-corrected chi connectivity index (χ2v) is 9.14. The van der Waals surface area contributed by atoms with Gasteiger partial charge in [-0.3, -0.25) is 14.5 Å². The third-order valence-corrected chi connectivity index (χ3v) is 6.81. The van der Waals surface area contributed by atoms with E-state index in [0.29, 0.717) is 55.2 Å². The van der Waals surface area contributed by atoms with E-state index in [-0.39, 0.29) is 22.8 Å². The van der Waals surface area contributed by atoms with Crippen molar-refractivity contribution in [2.45, 2.75) is 26.3 Å². The van der Waals surface area contributed by atoms with Gasteiger partial charge in [-0.15, -0.1) is 0 Å². The largest absolute Gasteiger partial charge is 0.507 e. The summed E-state index contributed by atoms with van der Waals surface area (Å²) < 4.78 is 16.2. The number of methoxy groups -OCH3 is 1. The summed E-state index contributed by atoms with van der Waals surface area (Å²) in [5.74, 6) is -0.819. The van der Waals surface area contributed by atoms with E-state index in [4.69, 9.17) is 14.2 Å². The van der Waals surface area contributed by atoms with Gasteiger partial charge in [0.05, 0.1) is 38.5 Å². The van der Waals surface area contributed by atoms with Crippen LogP contribution in [0.4, 0.5) is 0 Å². The van der Waals surface area contributed by atoms with E-state index in [9.17, 15) is 19.8 Å². The van der Waals surface area contributed by atoms with Gasteiger partial charge in [-0.1, -0.05) is 6.07 Å². The van der Waals surface area contributed by atoms with Crippen molar-refractivity contribution < 1.29 is 34.0 Å². The second-order valence-electron chi connectivity index (χ2n) is 9.14. The lowest BCUT2D eigenvalue weighted by atomic mass is 9.93. The van der Waals surface area contributed by atoms with Crippen LogP contribution in [0.5, 0.6) is 17.2 Å². The Kier molecular flexibility index (Phi) is 8.35. The van der Waals surface area contributed by atoms with Crippen LogP contribution in [-0.4, -0.2) is 84.8 Å². The van der Waals surface area contributed by atoms with Crippen molar-refractivity contribution in [1.82, 2.24) is 9.80 Å². The number of benzene rings is 2. The average Bonchev–Trinajstić information content (AvgIpc) is 3.15. The Balaban J connectivity index is 1.74. The van der Waals surface area contributed by atoms with Crippen molar-refractivity contribution in [2.75, 3.05) is 53.1 Å². The minimum absolute atomic E-state index is 0.0118. The molecule has 37 heavy (non-hydrogen) atoms. The fourth-order valence-corrected chi connectivity index (χ4v) is 4.89. The Bertz CT molecular complexity index is 1190. The lowest BCUT2D eigenvalue weighted by Gasteiger charge is -2.29. The zero-order valence-corrected chi connectivity index (χ0v) is 21.5. The SMILES string of the molecule is CCOc1cc([C@H]2C(=C(O)c3ccc(OC)cc3C)C(=O)C(=O)N2CCCN2CCOCC2)ccc1O. The number of nitrogens with zero attached hydrogens (tertiary/aromatic N) is 2. The third-order valence-electron chi connectivity index (χ3n) is 6.81. The summed E-state index contributed by atoms with van der Waals surface area (Å²) in [5.41, 5.74) is 1.73. The van der Waals surface area contributed by atoms with Crippen molar-refractivity contribution in [3.05, 3.63) is 58.7 Å². The summed E-state index contributed by atoms with van der Waals surface area (Å²) in [5, 5.41) is 21.6. The maximum absolute atomic E-state index is 13.3. The third kappa shape index (κ3) is 5.57. The molecule has 2 aliphatic heterocycles. The van der Waals surface area contributed by atoms with Gasteiger partial charge in [0.2, 0.25) is 0 Å². The monoisotopic (exact) mass is 510 g/mol. The minimum atomic E-state index is -0.828. The highest BCUT2D eigenvalue weighted by atomic mass is 16.5. The number of morpholine rings is 1. The first-order valence-corrected chi connectivity index (χ1v) is 12.5. The van der Waals surface area contributed by atoms with Crippen molar-refractivity contribution in [1.29, 1.82) is 0 Å². The van der Waals surface area contributed by atoms with Gasteiger partial charge in [0, 0.05) is 31.7 Å². The number of hydrogen-bond donors (Lipinski definition) is 2. The lowest BCUT2D eigenvalue weighted by molar-refractivity contribution is -0.140. The molecule has 2 saturated heterocycles. The number of carbonyl (C=O) groups is 2. The number of ether oxygens (including phenoxy) is 3.